The predicted octanol–water partition coefficient (Wildman–Crippen LogP) is 4.27. The van der Waals surface area contributed by atoms with Crippen LogP contribution in [0.4, 0.5) is 5.69 Å². The summed E-state index contributed by atoms with van der Waals surface area (Å²) < 4.78 is 1.00. The van der Waals surface area contributed by atoms with Gasteiger partial charge in [0.25, 0.3) is 5.66 Å². The Morgan fingerprint density at radius 2 is 1.96 bits per heavy atom. The molecule has 27 heavy (non-hydrogen) atoms. The molecule has 1 fully saturated rings. The Labute approximate surface area is 163 Å². The van der Waals surface area contributed by atoms with E-state index >= 15 is 0 Å². The zero-order valence-corrected chi connectivity index (χ0v) is 16.4. The second-order valence-corrected chi connectivity index (χ2v) is 8.50. The molecule has 4 rings (SSSR count). The van der Waals surface area contributed by atoms with Crippen LogP contribution >= 0.6 is 11.3 Å². The van der Waals surface area contributed by atoms with Crippen LogP contribution in [0, 0.1) is 5.21 Å². The number of hydrazone groups is 1. The fourth-order valence-electron chi connectivity index (χ4n) is 4.14. The third-order valence-corrected chi connectivity index (χ3v) is 6.37. The molecule has 1 atom stereocenters. The van der Waals surface area contributed by atoms with Crippen molar-refractivity contribution in [3.8, 4) is 0 Å². The summed E-state index contributed by atoms with van der Waals surface area (Å²) in [4.78, 5) is 0.881. The highest BCUT2D eigenvalue weighted by atomic mass is 32.1. The molecule has 2 N–H and O–H groups in total. The Hall–Kier alpha value is -2.22. The molecule has 1 aromatic heterocycles. The van der Waals surface area contributed by atoms with Crippen molar-refractivity contribution >= 4 is 28.4 Å². The maximum Gasteiger partial charge on any atom is 0.292 e. The van der Waals surface area contributed by atoms with Crippen molar-refractivity contribution in [1.82, 2.24) is 5.06 Å². The van der Waals surface area contributed by atoms with Gasteiger partial charge in [-0.25, -0.2) is 0 Å². The molecular weight excluding hydrogens is 360 g/mol. The molecular formula is C20H24N4O2S. The minimum atomic E-state index is -1.16. The Morgan fingerprint density at radius 1 is 1.19 bits per heavy atom. The van der Waals surface area contributed by atoms with Gasteiger partial charge in [0.15, 0.2) is 0 Å². The minimum Gasteiger partial charge on any atom is -0.622 e. The molecule has 7 heteroatoms. The molecule has 1 spiro atoms. The van der Waals surface area contributed by atoms with Crippen LogP contribution in [0.5, 0.6) is 0 Å². The van der Waals surface area contributed by atoms with Gasteiger partial charge in [-0.2, -0.15) is 9.84 Å². The van der Waals surface area contributed by atoms with Crippen molar-refractivity contribution in [2.45, 2.75) is 50.7 Å². The first-order valence-corrected chi connectivity index (χ1v) is 10.1. The Balaban J connectivity index is 1.80. The van der Waals surface area contributed by atoms with Crippen molar-refractivity contribution < 1.29 is 9.95 Å². The van der Waals surface area contributed by atoms with E-state index in [1.165, 1.54) is 16.4 Å². The van der Waals surface area contributed by atoms with E-state index in [1.807, 2.05) is 61.7 Å². The van der Waals surface area contributed by atoms with Gasteiger partial charge in [0.2, 0.25) is 5.71 Å². The van der Waals surface area contributed by atoms with Gasteiger partial charge in [-0.15, -0.1) is 16.4 Å². The molecule has 2 aliphatic rings. The van der Waals surface area contributed by atoms with E-state index in [0.29, 0.717) is 24.3 Å². The summed E-state index contributed by atoms with van der Waals surface area (Å²) in [6.07, 6.45) is 3.03. The van der Waals surface area contributed by atoms with Crippen LogP contribution in [0.3, 0.4) is 0 Å². The molecule has 142 valence electrons. The largest absolute Gasteiger partial charge is 0.622 e. The zero-order chi connectivity index (χ0) is 19.1. The van der Waals surface area contributed by atoms with Crippen LogP contribution in [0.25, 0.3) is 0 Å². The molecule has 0 amide bonds. The standard InChI is InChI=1S/C20H24N4O2S/c1-19(2)18(16-11-8-14-27-16)23(25)20(24(19)26)13-7-6-12-17(20)22-21-15-9-4-3-5-10-15/h3-5,8-11,14,21,26H,6-7,12-13H2,1-2H3/t20-/m1/s1. The van der Waals surface area contributed by atoms with E-state index in [4.69, 9.17) is 0 Å². The quantitative estimate of drug-likeness (QED) is 0.471. The number of hydrogen-bond donors (Lipinski definition) is 2. The third-order valence-electron chi connectivity index (χ3n) is 5.50. The summed E-state index contributed by atoms with van der Waals surface area (Å²) in [7, 11) is 0. The van der Waals surface area contributed by atoms with Crippen molar-refractivity contribution in [2.75, 3.05) is 5.43 Å². The van der Waals surface area contributed by atoms with Gasteiger partial charge in [0.05, 0.1) is 10.6 Å². The smallest absolute Gasteiger partial charge is 0.292 e. The van der Waals surface area contributed by atoms with Gasteiger partial charge in [-0.1, -0.05) is 24.3 Å². The molecule has 1 aromatic carbocycles. The summed E-state index contributed by atoms with van der Waals surface area (Å²) >= 11 is 1.52. The number of anilines is 1. The first-order chi connectivity index (χ1) is 13.0. The summed E-state index contributed by atoms with van der Waals surface area (Å²) in [6.45, 7) is 3.77. The Kier molecular flexibility index (Phi) is 4.53. The van der Waals surface area contributed by atoms with Crippen LogP contribution < -0.4 is 5.43 Å². The van der Waals surface area contributed by atoms with E-state index < -0.39 is 11.2 Å². The lowest BCUT2D eigenvalue weighted by molar-refractivity contribution is -0.568. The maximum absolute atomic E-state index is 13.6. The number of hydroxylamine groups is 3. The fourth-order valence-corrected chi connectivity index (χ4v) is 5.05. The van der Waals surface area contributed by atoms with Crippen molar-refractivity contribution in [3.05, 3.63) is 57.9 Å². The second-order valence-electron chi connectivity index (χ2n) is 7.55. The molecule has 6 nitrogen and oxygen atoms in total. The van der Waals surface area contributed by atoms with Crippen molar-refractivity contribution in [3.63, 3.8) is 0 Å². The topological polar surface area (TPSA) is 73.9 Å². The molecule has 1 saturated carbocycles. The molecule has 0 radical (unpaired) electrons. The number of hydrogen-bond acceptors (Lipinski definition) is 6. The Bertz CT molecular complexity index is 877. The van der Waals surface area contributed by atoms with Crippen LogP contribution in [0.1, 0.15) is 44.4 Å². The van der Waals surface area contributed by atoms with Gasteiger partial charge >= 0.3 is 0 Å². The van der Waals surface area contributed by atoms with Crippen LogP contribution in [0.15, 0.2) is 52.9 Å². The van der Waals surface area contributed by atoms with Crippen molar-refractivity contribution in [1.29, 1.82) is 0 Å². The van der Waals surface area contributed by atoms with E-state index in [9.17, 15) is 10.4 Å². The van der Waals surface area contributed by atoms with Gasteiger partial charge < -0.3 is 10.4 Å². The minimum absolute atomic E-state index is 0.542. The maximum atomic E-state index is 13.6. The average molecular weight is 385 g/mol. The lowest BCUT2D eigenvalue weighted by Crippen LogP contribution is -2.60. The van der Waals surface area contributed by atoms with E-state index in [1.54, 1.807) is 0 Å². The molecule has 0 unspecified atom stereocenters. The van der Waals surface area contributed by atoms with E-state index in [-0.39, 0.29) is 0 Å². The summed E-state index contributed by atoms with van der Waals surface area (Å²) in [5.74, 6) is 0. The monoisotopic (exact) mass is 384 g/mol. The summed E-state index contributed by atoms with van der Waals surface area (Å²) in [5, 5.41) is 32.6. The number of rotatable bonds is 3. The lowest BCUT2D eigenvalue weighted by atomic mass is 9.86. The highest BCUT2D eigenvalue weighted by Gasteiger charge is 2.65. The van der Waals surface area contributed by atoms with Gasteiger partial charge in [0.1, 0.15) is 11.3 Å². The van der Waals surface area contributed by atoms with Gasteiger partial charge in [-0.3, -0.25) is 5.43 Å². The highest BCUT2D eigenvalue weighted by Crippen LogP contribution is 2.43. The summed E-state index contributed by atoms with van der Waals surface area (Å²) in [6, 6.07) is 13.5. The summed E-state index contributed by atoms with van der Waals surface area (Å²) in [5.41, 5.74) is 3.21. The van der Waals surface area contributed by atoms with Crippen molar-refractivity contribution in [2.24, 2.45) is 5.10 Å². The number of benzene rings is 1. The molecule has 1 aliphatic heterocycles. The molecule has 0 bridgehead atoms. The highest BCUT2D eigenvalue weighted by molar-refractivity contribution is 7.12. The average Bonchev–Trinajstić information content (AvgIpc) is 3.24. The predicted molar refractivity (Wildman–Crippen MR) is 108 cm³/mol. The lowest BCUT2D eigenvalue weighted by Gasteiger charge is -2.38. The van der Waals surface area contributed by atoms with Gasteiger partial charge in [0, 0.05) is 6.42 Å². The zero-order valence-electron chi connectivity index (χ0n) is 15.6. The fraction of sp³-hybridized carbons (Fsp3) is 0.400. The molecule has 2 heterocycles. The SMILES string of the molecule is CC1(C)C(c2cccs2)=[N+]([O-])[C@]2(CCCCC2=NNc2ccccc2)N1O. The normalized spacial score (nSPS) is 26.9. The first kappa shape index (κ1) is 18.2. The number of thiophene rings is 1. The third kappa shape index (κ3) is 2.77. The second kappa shape index (κ2) is 6.74. The number of nitrogens with one attached hydrogen (secondary N) is 1. The Morgan fingerprint density at radius 3 is 2.67 bits per heavy atom. The molecule has 1 aliphatic carbocycles. The van der Waals surface area contributed by atoms with E-state index in [2.05, 4.69) is 10.5 Å². The molecule has 2 aromatic rings. The van der Waals surface area contributed by atoms with Crippen LogP contribution in [-0.4, -0.2) is 37.6 Å². The van der Waals surface area contributed by atoms with Gasteiger partial charge in [-0.05, 0) is 56.7 Å². The van der Waals surface area contributed by atoms with E-state index in [0.717, 1.165) is 28.1 Å². The molecule has 0 saturated heterocycles. The number of nitrogens with zero attached hydrogens (tertiary/aromatic N) is 3. The number of para-hydroxylation sites is 1. The van der Waals surface area contributed by atoms with Crippen LogP contribution in [-0.2, 0) is 0 Å². The van der Waals surface area contributed by atoms with Crippen LogP contribution in [0.2, 0.25) is 0 Å². The first-order valence-electron chi connectivity index (χ1n) is 9.24.